The van der Waals surface area contributed by atoms with Crippen LogP contribution < -0.4 is 0 Å². The van der Waals surface area contributed by atoms with Crippen LogP contribution in [0.3, 0.4) is 0 Å². The Morgan fingerprint density at radius 2 is 1.26 bits per heavy atom. The number of rotatable bonds is 10. The topological polar surface area (TPSA) is 9.23 Å². The molecular formula is C22H42O. The van der Waals surface area contributed by atoms with Gasteiger partial charge in [0.1, 0.15) is 0 Å². The first-order chi connectivity index (χ1) is 11.3. The summed E-state index contributed by atoms with van der Waals surface area (Å²) < 4.78 is 6.13. The van der Waals surface area contributed by atoms with Crippen LogP contribution in [0.5, 0.6) is 0 Å². The summed E-state index contributed by atoms with van der Waals surface area (Å²) in [5.74, 6) is 3.15. The lowest BCUT2D eigenvalue weighted by molar-refractivity contribution is 0.00530. The maximum Gasteiger partial charge on any atom is 0.0575 e. The van der Waals surface area contributed by atoms with Crippen LogP contribution in [0.4, 0.5) is 0 Å². The summed E-state index contributed by atoms with van der Waals surface area (Å²) >= 11 is 0. The molecule has 0 aromatic heterocycles. The molecule has 0 radical (unpaired) electrons. The molecule has 0 spiro atoms. The molecule has 0 aliphatic heterocycles. The van der Waals surface area contributed by atoms with Gasteiger partial charge >= 0.3 is 0 Å². The van der Waals surface area contributed by atoms with Crippen LogP contribution in [-0.2, 0) is 4.74 Å². The zero-order valence-corrected chi connectivity index (χ0v) is 16.0. The van der Waals surface area contributed by atoms with Crippen LogP contribution >= 0.6 is 0 Å². The second-order valence-corrected chi connectivity index (χ2v) is 8.39. The molecule has 2 aliphatic carbocycles. The summed E-state index contributed by atoms with van der Waals surface area (Å²) in [6, 6.07) is 0. The smallest absolute Gasteiger partial charge is 0.0575 e. The van der Waals surface area contributed by atoms with Crippen molar-refractivity contribution >= 4 is 0 Å². The van der Waals surface area contributed by atoms with E-state index >= 15 is 0 Å². The van der Waals surface area contributed by atoms with Crippen LogP contribution in [0.15, 0.2) is 0 Å². The second-order valence-electron chi connectivity index (χ2n) is 8.39. The highest BCUT2D eigenvalue weighted by molar-refractivity contribution is 4.82. The molecule has 0 atom stereocenters. The van der Waals surface area contributed by atoms with Gasteiger partial charge in [0.15, 0.2) is 0 Å². The Labute approximate surface area is 146 Å². The van der Waals surface area contributed by atoms with E-state index in [1.807, 2.05) is 0 Å². The van der Waals surface area contributed by atoms with Gasteiger partial charge in [-0.05, 0) is 62.7 Å². The van der Waals surface area contributed by atoms with E-state index in [1.54, 1.807) is 0 Å². The van der Waals surface area contributed by atoms with E-state index < -0.39 is 0 Å². The van der Waals surface area contributed by atoms with Crippen molar-refractivity contribution in [2.75, 3.05) is 6.61 Å². The van der Waals surface area contributed by atoms with Crippen molar-refractivity contribution in [1.29, 1.82) is 0 Å². The first kappa shape index (κ1) is 19.3. The highest BCUT2D eigenvalue weighted by atomic mass is 16.5. The molecule has 0 amide bonds. The molecule has 0 bridgehead atoms. The van der Waals surface area contributed by atoms with E-state index in [2.05, 4.69) is 13.8 Å². The second kappa shape index (κ2) is 11.5. The van der Waals surface area contributed by atoms with E-state index in [0.717, 1.165) is 24.4 Å². The Bertz CT molecular complexity index is 272. The van der Waals surface area contributed by atoms with Crippen molar-refractivity contribution in [2.45, 2.75) is 116 Å². The Hall–Kier alpha value is -0.0400. The molecule has 0 unspecified atom stereocenters. The lowest BCUT2D eigenvalue weighted by Crippen LogP contribution is -2.28. The van der Waals surface area contributed by atoms with Crippen molar-refractivity contribution in [1.82, 2.24) is 0 Å². The molecule has 2 rings (SSSR count). The highest BCUT2D eigenvalue weighted by Crippen LogP contribution is 2.41. The lowest BCUT2D eigenvalue weighted by Gasteiger charge is -2.37. The minimum atomic E-state index is 0.591. The van der Waals surface area contributed by atoms with E-state index in [4.69, 9.17) is 4.74 Å². The van der Waals surface area contributed by atoms with Crippen LogP contribution in [0, 0.1) is 17.8 Å². The van der Waals surface area contributed by atoms with Gasteiger partial charge in [-0.1, -0.05) is 65.2 Å². The lowest BCUT2D eigenvalue weighted by atomic mass is 9.70. The maximum atomic E-state index is 6.13. The number of ether oxygens (including phenoxy) is 1. The van der Waals surface area contributed by atoms with Crippen LogP contribution in [-0.4, -0.2) is 12.7 Å². The fourth-order valence-electron chi connectivity index (χ4n) is 4.95. The van der Waals surface area contributed by atoms with Crippen molar-refractivity contribution in [2.24, 2.45) is 17.8 Å². The molecule has 1 nitrogen and oxygen atoms in total. The third-order valence-corrected chi connectivity index (χ3v) is 6.59. The number of hydrogen-bond acceptors (Lipinski definition) is 1. The normalized spacial score (nSPS) is 32.1. The molecule has 1 heteroatoms. The van der Waals surface area contributed by atoms with E-state index in [1.165, 1.54) is 96.3 Å². The fourth-order valence-corrected chi connectivity index (χ4v) is 4.95. The Morgan fingerprint density at radius 3 is 1.87 bits per heavy atom. The van der Waals surface area contributed by atoms with Crippen molar-refractivity contribution in [3.05, 3.63) is 0 Å². The number of hydrogen-bond donors (Lipinski definition) is 0. The molecule has 0 aromatic carbocycles. The molecule has 2 fully saturated rings. The van der Waals surface area contributed by atoms with Gasteiger partial charge in [0.25, 0.3) is 0 Å². The van der Waals surface area contributed by atoms with Gasteiger partial charge in [-0.25, -0.2) is 0 Å². The monoisotopic (exact) mass is 322 g/mol. The SMILES string of the molecule is CCCCCCO[C@H]1CC[C@H](C2CCC(CCCC)CC2)CC1. The van der Waals surface area contributed by atoms with Crippen LogP contribution in [0.1, 0.15) is 110 Å². The summed E-state index contributed by atoms with van der Waals surface area (Å²) in [6.45, 7) is 5.62. The molecule has 2 aliphatic rings. The molecule has 0 aromatic rings. The van der Waals surface area contributed by atoms with Gasteiger partial charge in [0, 0.05) is 6.61 Å². The molecule has 136 valence electrons. The summed E-state index contributed by atoms with van der Waals surface area (Å²) in [6.07, 6.45) is 21.9. The zero-order valence-electron chi connectivity index (χ0n) is 16.0. The highest BCUT2D eigenvalue weighted by Gasteiger charge is 2.30. The predicted molar refractivity (Wildman–Crippen MR) is 101 cm³/mol. The van der Waals surface area contributed by atoms with Crippen LogP contribution in [0.25, 0.3) is 0 Å². The zero-order chi connectivity index (χ0) is 16.3. The maximum absolute atomic E-state index is 6.13. The van der Waals surface area contributed by atoms with E-state index in [0.29, 0.717) is 6.10 Å². The molecule has 0 saturated heterocycles. The molecule has 23 heavy (non-hydrogen) atoms. The summed E-state index contributed by atoms with van der Waals surface area (Å²) in [5.41, 5.74) is 0. The fraction of sp³-hybridized carbons (Fsp3) is 1.00. The van der Waals surface area contributed by atoms with Gasteiger partial charge < -0.3 is 4.74 Å². The van der Waals surface area contributed by atoms with Crippen molar-refractivity contribution < 1.29 is 4.74 Å². The standard InChI is InChI=1S/C22H42O/c1-3-5-7-8-18-23-22-16-14-21(15-17-22)20-12-10-19(11-13-20)9-6-4-2/h19-22H,3-18H2,1-2H3/t19?,20?,21-,22-. The van der Waals surface area contributed by atoms with Crippen LogP contribution in [0.2, 0.25) is 0 Å². The van der Waals surface area contributed by atoms with Crippen molar-refractivity contribution in [3.63, 3.8) is 0 Å². The van der Waals surface area contributed by atoms with Gasteiger partial charge in [0.05, 0.1) is 6.10 Å². The summed E-state index contributed by atoms with van der Waals surface area (Å²) in [5, 5.41) is 0. The third-order valence-electron chi connectivity index (χ3n) is 6.59. The molecule has 0 N–H and O–H groups in total. The van der Waals surface area contributed by atoms with Gasteiger partial charge in [-0.3, -0.25) is 0 Å². The van der Waals surface area contributed by atoms with Crippen molar-refractivity contribution in [3.8, 4) is 0 Å². The van der Waals surface area contributed by atoms with E-state index in [9.17, 15) is 0 Å². The first-order valence-corrected chi connectivity index (χ1v) is 10.9. The largest absolute Gasteiger partial charge is 0.378 e. The minimum absolute atomic E-state index is 0.591. The Balaban J connectivity index is 1.54. The summed E-state index contributed by atoms with van der Waals surface area (Å²) in [4.78, 5) is 0. The molecule has 2 saturated carbocycles. The van der Waals surface area contributed by atoms with E-state index in [-0.39, 0.29) is 0 Å². The van der Waals surface area contributed by atoms with Gasteiger partial charge in [-0.2, -0.15) is 0 Å². The molecular weight excluding hydrogens is 280 g/mol. The minimum Gasteiger partial charge on any atom is -0.378 e. The third kappa shape index (κ3) is 7.16. The first-order valence-electron chi connectivity index (χ1n) is 10.9. The quantitative estimate of drug-likeness (QED) is 0.388. The van der Waals surface area contributed by atoms with Gasteiger partial charge in [0.2, 0.25) is 0 Å². The average molecular weight is 323 g/mol. The number of unbranched alkanes of at least 4 members (excludes halogenated alkanes) is 4. The Kier molecular flexibility index (Phi) is 9.65. The molecule has 0 heterocycles. The average Bonchev–Trinajstić information content (AvgIpc) is 2.61. The summed E-state index contributed by atoms with van der Waals surface area (Å²) in [7, 11) is 0. The predicted octanol–water partition coefficient (Wildman–Crippen LogP) is 7.14. The van der Waals surface area contributed by atoms with Gasteiger partial charge in [-0.15, -0.1) is 0 Å². The Morgan fingerprint density at radius 1 is 0.652 bits per heavy atom.